The zero-order chi connectivity index (χ0) is 32.2. The Balaban J connectivity index is 1.17. The second-order valence-electron chi connectivity index (χ2n) is 11.8. The van der Waals surface area contributed by atoms with Crippen molar-refractivity contribution in [3.05, 3.63) is 81.6 Å². The SMILES string of the molecule is Cc1nc(-c2cccc(-c3cccc(-c4cnc(CNC[C@@H]5CCC(=O)N5)c(C)n4)c3Cl)c2Cl)cnc1CNC[C@@H]1CCC(=O)N1. The zero-order valence-electron chi connectivity index (χ0n) is 25.8. The van der Waals surface area contributed by atoms with E-state index >= 15 is 0 Å². The molecular weight excluding hydrogens is 623 g/mol. The number of aromatic nitrogens is 4. The Hall–Kier alpha value is -3.96. The number of hydrogen-bond donors (Lipinski definition) is 4. The van der Waals surface area contributed by atoms with E-state index in [0.29, 0.717) is 60.5 Å². The molecule has 2 aromatic carbocycles. The van der Waals surface area contributed by atoms with Crippen LogP contribution in [0, 0.1) is 13.8 Å². The van der Waals surface area contributed by atoms with E-state index in [0.717, 1.165) is 57.9 Å². The van der Waals surface area contributed by atoms with Crippen molar-refractivity contribution >= 4 is 35.0 Å². The Kier molecular flexibility index (Phi) is 9.89. The molecule has 0 bridgehead atoms. The van der Waals surface area contributed by atoms with Gasteiger partial charge in [-0.2, -0.15) is 0 Å². The fourth-order valence-electron chi connectivity index (χ4n) is 5.89. The molecule has 2 atom stereocenters. The lowest BCUT2D eigenvalue weighted by Crippen LogP contribution is -2.35. The maximum atomic E-state index is 11.5. The molecule has 0 spiro atoms. The summed E-state index contributed by atoms with van der Waals surface area (Å²) in [6.45, 7) is 6.36. The predicted octanol–water partition coefficient (Wildman–Crippen LogP) is 4.93. The molecule has 2 aliphatic rings. The van der Waals surface area contributed by atoms with Crippen LogP contribution in [-0.4, -0.2) is 56.9 Å². The molecule has 0 radical (unpaired) electrons. The number of benzene rings is 2. The van der Waals surface area contributed by atoms with Crippen LogP contribution in [0.2, 0.25) is 10.0 Å². The first kappa shape index (κ1) is 32.0. The molecule has 2 amide bonds. The van der Waals surface area contributed by atoms with Crippen LogP contribution in [0.3, 0.4) is 0 Å². The van der Waals surface area contributed by atoms with Crippen LogP contribution in [0.4, 0.5) is 0 Å². The normalized spacial score (nSPS) is 17.7. The van der Waals surface area contributed by atoms with Crippen molar-refractivity contribution in [2.45, 2.75) is 64.7 Å². The van der Waals surface area contributed by atoms with Gasteiger partial charge in [0.15, 0.2) is 0 Å². The molecule has 2 fully saturated rings. The average Bonchev–Trinajstić information content (AvgIpc) is 3.66. The molecule has 10 nitrogen and oxygen atoms in total. The minimum atomic E-state index is 0.106. The fourth-order valence-corrected chi connectivity index (χ4v) is 6.54. The monoisotopic (exact) mass is 658 g/mol. The second-order valence-corrected chi connectivity index (χ2v) is 12.5. The number of amides is 2. The van der Waals surface area contributed by atoms with Crippen molar-refractivity contribution in [2.75, 3.05) is 13.1 Å². The minimum absolute atomic E-state index is 0.106. The maximum Gasteiger partial charge on any atom is 0.220 e. The highest BCUT2D eigenvalue weighted by atomic mass is 35.5. The molecule has 46 heavy (non-hydrogen) atoms. The van der Waals surface area contributed by atoms with Gasteiger partial charge in [-0.15, -0.1) is 0 Å². The lowest BCUT2D eigenvalue weighted by Gasteiger charge is -2.15. The quantitative estimate of drug-likeness (QED) is 0.178. The molecule has 0 unspecified atom stereocenters. The third kappa shape index (κ3) is 7.20. The van der Waals surface area contributed by atoms with Gasteiger partial charge in [0.25, 0.3) is 0 Å². The number of carbonyl (C=O) groups excluding carboxylic acids is 2. The van der Waals surface area contributed by atoms with Crippen LogP contribution in [0.5, 0.6) is 0 Å². The van der Waals surface area contributed by atoms with E-state index in [1.807, 2.05) is 50.2 Å². The number of hydrogen-bond acceptors (Lipinski definition) is 8. The van der Waals surface area contributed by atoms with E-state index in [2.05, 4.69) is 31.2 Å². The van der Waals surface area contributed by atoms with Crippen molar-refractivity contribution in [1.29, 1.82) is 0 Å². The van der Waals surface area contributed by atoms with Gasteiger partial charge in [0.2, 0.25) is 11.8 Å². The van der Waals surface area contributed by atoms with Crippen LogP contribution >= 0.6 is 23.2 Å². The van der Waals surface area contributed by atoms with Crippen LogP contribution in [0.25, 0.3) is 33.6 Å². The van der Waals surface area contributed by atoms with E-state index in [9.17, 15) is 9.59 Å². The molecule has 4 N–H and O–H groups in total. The maximum absolute atomic E-state index is 11.5. The van der Waals surface area contributed by atoms with Crippen LogP contribution in [0.15, 0.2) is 48.8 Å². The van der Waals surface area contributed by atoms with Crippen LogP contribution in [0.1, 0.15) is 48.5 Å². The highest BCUT2D eigenvalue weighted by Crippen LogP contribution is 2.41. The summed E-state index contributed by atoms with van der Waals surface area (Å²) in [6, 6.07) is 11.9. The van der Waals surface area contributed by atoms with Gasteiger partial charge in [-0.25, -0.2) is 9.97 Å². The number of nitrogens with zero attached hydrogens (tertiary/aromatic N) is 4. The Morgan fingerprint density at radius 3 is 1.48 bits per heavy atom. The largest absolute Gasteiger partial charge is 0.352 e. The first-order valence-electron chi connectivity index (χ1n) is 15.5. The molecule has 0 aliphatic carbocycles. The van der Waals surface area contributed by atoms with E-state index in [4.69, 9.17) is 33.2 Å². The third-order valence-corrected chi connectivity index (χ3v) is 9.29. The predicted molar refractivity (Wildman–Crippen MR) is 179 cm³/mol. The number of halogens is 2. The number of aryl methyl sites for hydroxylation is 2. The minimum Gasteiger partial charge on any atom is -0.352 e. The van der Waals surface area contributed by atoms with Gasteiger partial charge in [0, 0.05) is 73.4 Å². The zero-order valence-corrected chi connectivity index (χ0v) is 27.3. The fraction of sp³-hybridized carbons (Fsp3) is 0.353. The van der Waals surface area contributed by atoms with E-state index < -0.39 is 0 Å². The second kappa shape index (κ2) is 14.2. The summed E-state index contributed by atoms with van der Waals surface area (Å²) in [5.74, 6) is 0.212. The van der Waals surface area contributed by atoms with Crippen molar-refractivity contribution in [3.63, 3.8) is 0 Å². The topological polar surface area (TPSA) is 134 Å². The van der Waals surface area contributed by atoms with Gasteiger partial charge < -0.3 is 21.3 Å². The Morgan fingerprint density at radius 1 is 0.696 bits per heavy atom. The highest BCUT2D eigenvalue weighted by molar-refractivity contribution is 6.39. The van der Waals surface area contributed by atoms with Crippen LogP contribution < -0.4 is 21.3 Å². The molecule has 4 heterocycles. The van der Waals surface area contributed by atoms with Crippen molar-refractivity contribution in [2.24, 2.45) is 0 Å². The van der Waals surface area contributed by atoms with E-state index in [-0.39, 0.29) is 23.9 Å². The first-order valence-corrected chi connectivity index (χ1v) is 16.3. The average molecular weight is 660 g/mol. The molecule has 6 rings (SSSR count). The summed E-state index contributed by atoms with van der Waals surface area (Å²) in [6.07, 6.45) is 6.33. The van der Waals surface area contributed by atoms with Crippen molar-refractivity contribution in [1.82, 2.24) is 41.2 Å². The van der Waals surface area contributed by atoms with Crippen molar-refractivity contribution in [3.8, 4) is 33.6 Å². The van der Waals surface area contributed by atoms with E-state index in [1.54, 1.807) is 12.4 Å². The highest BCUT2D eigenvalue weighted by Gasteiger charge is 2.22. The lowest BCUT2D eigenvalue weighted by atomic mass is 9.98. The molecule has 0 saturated carbocycles. The van der Waals surface area contributed by atoms with Crippen molar-refractivity contribution < 1.29 is 9.59 Å². The Morgan fingerprint density at radius 2 is 1.11 bits per heavy atom. The van der Waals surface area contributed by atoms with E-state index in [1.165, 1.54) is 0 Å². The summed E-state index contributed by atoms with van der Waals surface area (Å²) >= 11 is 14.1. The summed E-state index contributed by atoms with van der Waals surface area (Å²) in [5, 5.41) is 13.7. The van der Waals surface area contributed by atoms with Gasteiger partial charge in [0.1, 0.15) is 0 Å². The van der Waals surface area contributed by atoms with Gasteiger partial charge in [-0.1, -0.05) is 59.6 Å². The van der Waals surface area contributed by atoms with Gasteiger partial charge in [-0.05, 0) is 26.7 Å². The number of nitrogens with one attached hydrogen (secondary N) is 4. The Bertz CT molecular complexity index is 1650. The number of rotatable bonds is 11. The Labute approximate surface area is 278 Å². The molecule has 4 aromatic rings. The molecule has 2 saturated heterocycles. The smallest absolute Gasteiger partial charge is 0.220 e. The summed E-state index contributed by atoms with van der Waals surface area (Å²) in [4.78, 5) is 41.9. The molecular formula is C34H36Cl2N8O2. The molecule has 2 aliphatic heterocycles. The first-order chi connectivity index (χ1) is 22.3. The molecule has 12 heteroatoms. The summed E-state index contributed by atoms with van der Waals surface area (Å²) in [7, 11) is 0. The number of carbonyl (C=O) groups is 2. The molecule has 238 valence electrons. The van der Waals surface area contributed by atoms with Gasteiger partial charge in [-0.3, -0.25) is 19.6 Å². The van der Waals surface area contributed by atoms with Gasteiger partial charge >= 0.3 is 0 Å². The van der Waals surface area contributed by atoms with Gasteiger partial charge in [0.05, 0.1) is 56.6 Å². The third-order valence-electron chi connectivity index (χ3n) is 8.47. The summed E-state index contributed by atoms with van der Waals surface area (Å²) in [5.41, 5.74) is 7.71. The summed E-state index contributed by atoms with van der Waals surface area (Å²) < 4.78 is 0. The standard InChI is InChI=1S/C34H36Cl2N8O2/c1-19-27(15-37-13-21-9-11-31(45)43-21)39-17-29(41-19)25-7-3-5-23(33(25)35)24-6-4-8-26(34(24)36)30-18-40-28(20(2)42-30)16-38-14-22-10-12-32(46)44-22/h3-8,17-18,21-22,37-38H,9-16H2,1-2H3,(H,43,45)(H,44,46)/t21-,22-/m0/s1. The van der Waals surface area contributed by atoms with Crippen LogP contribution in [-0.2, 0) is 22.7 Å². The lowest BCUT2D eigenvalue weighted by molar-refractivity contribution is -0.120. The molecule has 2 aromatic heterocycles.